The van der Waals surface area contributed by atoms with Crippen molar-refractivity contribution in [2.45, 2.75) is 24.7 Å². The quantitative estimate of drug-likeness (QED) is 0.0757. The Morgan fingerprint density at radius 3 is 0.588 bits per heavy atom. The average molecular weight is 1250 g/mol. The smallest absolute Gasteiger partial charge is 0.668 e. The molecule has 0 atom stereocenters. The van der Waals surface area contributed by atoms with E-state index in [-0.39, 0.29) is 55.6 Å². The SMILES string of the molecule is C[N-]C.C[N-]C.C[N-]C.C[N-]C.C[N-]C.C[N-]C.Fc1c(F)c(F)c(-c2c[n-]c(-c3cc(C(F)(F)F)cc(C(F)(F)F)c3)c2)c(F)c1F.Fc1c(F)c(F)c(-c2c[n-]c(-c3cc(C(F)(F)F)cc(C(F)(F)F)c3)c2)c(F)c1F.[Ti+4].[Ti+4]. The molecule has 80 heavy (non-hydrogen) atoms. The van der Waals surface area contributed by atoms with Gasteiger partial charge in [-0.05, 0) is 58.7 Å². The molecule has 0 radical (unpaired) electrons. The van der Waals surface area contributed by atoms with E-state index in [1.807, 2.05) is 0 Å². The number of hydrogen-bond acceptors (Lipinski definition) is 0. The van der Waals surface area contributed by atoms with Gasteiger partial charge in [-0.25, -0.2) is 43.9 Å². The van der Waals surface area contributed by atoms with Gasteiger partial charge in [0, 0.05) is 0 Å². The Hall–Kier alpha value is -4.91. The molecule has 0 aliphatic rings. The zero-order chi connectivity index (χ0) is 61.4. The van der Waals surface area contributed by atoms with Crippen LogP contribution in [0, 0.1) is 58.2 Å². The Bertz CT molecular complexity index is 2440. The molecule has 0 fully saturated rings. The minimum absolute atomic E-state index is 0. The predicted molar refractivity (Wildman–Crippen MR) is 252 cm³/mol. The van der Waals surface area contributed by atoms with E-state index >= 15 is 0 Å². The van der Waals surface area contributed by atoms with E-state index in [2.05, 4.69) is 41.9 Å². The molecule has 0 aliphatic carbocycles. The van der Waals surface area contributed by atoms with Crippen LogP contribution in [-0.4, -0.2) is 84.6 Å². The van der Waals surface area contributed by atoms with E-state index < -0.39 is 150 Å². The van der Waals surface area contributed by atoms with Crippen LogP contribution in [0.25, 0.3) is 76.7 Å². The zero-order valence-corrected chi connectivity index (χ0v) is 46.8. The first kappa shape index (κ1) is 81.6. The minimum Gasteiger partial charge on any atom is -0.668 e. The topological polar surface area (TPSA) is 113 Å². The molecule has 6 rings (SSSR count). The van der Waals surface area contributed by atoms with Crippen LogP contribution in [0.3, 0.4) is 0 Å². The normalized spacial score (nSPS) is 10.7. The van der Waals surface area contributed by atoms with Crippen molar-refractivity contribution in [2.75, 3.05) is 84.6 Å². The summed E-state index contributed by atoms with van der Waals surface area (Å²) >= 11 is 0. The van der Waals surface area contributed by atoms with E-state index in [0.29, 0.717) is 48.8 Å². The maximum Gasteiger partial charge on any atom is 4.00 e. The van der Waals surface area contributed by atoms with Crippen LogP contribution in [0.1, 0.15) is 22.3 Å². The molecule has 0 saturated heterocycles. The van der Waals surface area contributed by atoms with Gasteiger partial charge >= 0.3 is 68.1 Å². The van der Waals surface area contributed by atoms with E-state index in [1.165, 1.54) is 0 Å². The second kappa shape index (κ2) is 37.2. The Balaban J connectivity index is -0.000000546. The summed E-state index contributed by atoms with van der Waals surface area (Å²) in [5.41, 5.74) is -13.7. The molecule has 0 unspecified atom stereocenters. The van der Waals surface area contributed by atoms with Gasteiger partial charge in [-0.3, -0.25) is 0 Å². The maximum atomic E-state index is 13.9. The molecule has 8 nitrogen and oxygen atoms in total. The summed E-state index contributed by atoms with van der Waals surface area (Å²) in [5, 5.41) is 21.0. The summed E-state index contributed by atoms with van der Waals surface area (Å²) in [6.45, 7) is 0. The van der Waals surface area contributed by atoms with Crippen LogP contribution in [-0.2, 0) is 68.1 Å². The molecule has 0 amide bonds. The average Bonchev–Trinajstić information content (AvgIpc) is 4.04. The van der Waals surface area contributed by atoms with Gasteiger partial charge in [-0.2, -0.15) is 150 Å². The second-order valence-corrected chi connectivity index (χ2v) is 14.6. The second-order valence-electron chi connectivity index (χ2n) is 14.6. The Morgan fingerprint density at radius 1 is 0.263 bits per heavy atom. The van der Waals surface area contributed by atoms with Crippen LogP contribution in [0.4, 0.5) is 96.6 Å². The molecule has 32 heteroatoms. The summed E-state index contributed by atoms with van der Waals surface area (Å²) in [4.78, 5) is 6.93. The number of halogens is 22. The van der Waals surface area contributed by atoms with Crippen LogP contribution in [0.2, 0.25) is 0 Å². The zero-order valence-electron chi connectivity index (χ0n) is 43.7. The monoisotopic (exact) mass is 1250 g/mol. The molecular formula is C48H46F22N8Ti2. The van der Waals surface area contributed by atoms with E-state index in [0.717, 1.165) is 0 Å². The molecular weight excluding hydrogens is 1200 g/mol. The summed E-state index contributed by atoms with van der Waals surface area (Å²) < 4.78 is 291. The van der Waals surface area contributed by atoms with Gasteiger partial charge in [0.05, 0.1) is 33.4 Å². The van der Waals surface area contributed by atoms with Gasteiger partial charge < -0.3 is 41.9 Å². The van der Waals surface area contributed by atoms with Gasteiger partial charge in [0.2, 0.25) is 11.6 Å². The Morgan fingerprint density at radius 2 is 0.425 bits per heavy atom. The number of alkyl halides is 12. The fraction of sp³-hybridized carbons (Fsp3) is 0.333. The van der Waals surface area contributed by atoms with Crippen molar-refractivity contribution in [3.63, 3.8) is 0 Å². The van der Waals surface area contributed by atoms with Gasteiger partial charge in [0.1, 0.15) is 0 Å². The van der Waals surface area contributed by atoms with Gasteiger partial charge in [-0.1, -0.05) is 12.1 Å². The molecule has 2 aromatic heterocycles. The van der Waals surface area contributed by atoms with Crippen molar-refractivity contribution in [3.8, 4) is 44.8 Å². The van der Waals surface area contributed by atoms with Crippen LogP contribution in [0.5, 0.6) is 0 Å². The first-order valence-electron chi connectivity index (χ1n) is 20.7. The molecule has 0 saturated carbocycles. The summed E-state index contributed by atoms with van der Waals surface area (Å²) in [5.74, 6) is -22.9. The number of hydrogen-bond donors (Lipinski definition) is 0. The number of benzene rings is 4. The standard InChI is InChI=1S/2C18H5F11N.6C2H6N.2Ti/c2*19-12-11(13(20)15(22)16(23)14(12)21)7-3-10(30-5-7)6-1-8(17(24,25)26)4-9(2-6)18(27,28)29;6*1-3-2;;/h2*1-5H;6*1-2H3;;/q8*-1;2*+4. The van der Waals surface area contributed by atoms with Crippen LogP contribution < -0.4 is 9.97 Å². The summed E-state index contributed by atoms with van der Waals surface area (Å²) in [7, 11) is 21.0. The summed E-state index contributed by atoms with van der Waals surface area (Å²) in [6, 6.07) is 2.15. The third-order valence-corrected chi connectivity index (χ3v) is 8.03. The molecule has 0 bridgehead atoms. The maximum absolute atomic E-state index is 13.9. The van der Waals surface area contributed by atoms with E-state index in [9.17, 15) is 96.6 Å². The molecule has 0 spiro atoms. The fourth-order valence-electron chi connectivity index (χ4n) is 5.23. The van der Waals surface area contributed by atoms with Crippen LogP contribution >= 0.6 is 0 Å². The van der Waals surface area contributed by atoms with E-state index in [1.54, 1.807) is 84.6 Å². The predicted octanol–water partition coefficient (Wildman–Crippen LogP) is 17.1. The third-order valence-electron chi connectivity index (χ3n) is 8.03. The van der Waals surface area contributed by atoms with Crippen molar-refractivity contribution in [3.05, 3.63) is 173 Å². The molecule has 2 heterocycles. The van der Waals surface area contributed by atoms with Crippen LogP contribution in [0.15, 0.2) is 60.9 Å². The minimum atomic E-state index is -5.16. The molecule has 4 aromatic carbocycles. The van der Waals surface area contributed by atoms with Crippen molar-refractivity contribution in [2.24, 2.45) is 0 Å². The molecule has 0 N–H and O–H groups in total. The fourth-order valence-corrected chi connectivity index (χ4v) is 5.23. The first-order chi connectivity index (χ1) is 35.9. The molecule has 0 aliphatic heterocycles. The molecule has 440 valence electrons. The van der Waals surface area contributed by atoms with E-state index in [4.69, 9.17) is 0 Å². The summed E-state index contributed by atoms with van der Waals surface area (Å²) in [6.07, 6.45) is -19.5. The van der Waals surface area contributed by atoms with Gasteiger partial charge in [-0.15, -0.1) is 11.4 Å². The largest absolute Gasteiger partial charge is 4.00 e. The Kier molecular flexibility index (Phi) is 38.0. The number of rotatable bonds is 4. The third kappa shape index (κ3) is 24.3. The van der Waals surface area contributed by atoms with Crippen molar-refractivity contribution in [1.29, 1.82) is 0 Å². The van der Waals surface area contributed by atoms with Gasteiger partial charge in [0.15, 0.2) is 46.5 Å². The molecule has 6 aromatic rings. The van der Waals surface area contributed by atoms with Crippen molar-refractivity contribution < 1.29 is 140 Å². The van der Waals surface area contributed by atoms with Gasteiger partial charge in [0.25, 0.3) is 0 Å². The Labute approximate surface area is 475 Å². The first-order valence-corrected chi connectivity index (χ1v) is 20.7. The number of aromatic nitrogens is 2. The number of nitrogens with zero attached hydrogens (tertiary/aromatic N) is 8. The van der Waals surface area contributed by atoms with Crippen molar-refractivity contribution >= 4 is 0 Å². The van der Waals surface area contributed by atoms with Crippen molar-refractivity contribution in [1.82, 2.24) is 9.97 Å².